The Bertz CT molecular complexity index is 702. The zero-order chi connectivity index (χ0) is 18.1. The highest BCUT2D eigenvalue weighted by atomic mass is 35.5. The lowest BCUT2D eigenvalue weighted by molar-refractivity contribution is -0.00953. The lowest BCUT2D eigenvalue weighted by Crippen LogP contribution is -2.50. The molecule has 1 aromatic heterocycles. The van der Waals surface area contributed by atoms with Crippen LogP contribution in [0.2, 0.25) is 0 Å². The number of amides is 1. The summed E-state index contributed by atoms with van der Waals surface area (Å²) in [6, 6.07) is 0. The van der Waals surface area contributed by atoms with Crippen molar-refractivity contribution < 1.29 is 4.79 Å². The van der Waals surface area contributed by atoms with Crippen LogP contribution in [0.4, 0.5) is 0 Å². The molecule has 1 aromatic rings. The molecule has 4 aliphatic rings. The number of aromatic nitrogens is 2. The molecule has 1 amide bonds. The number of carbonyl (C=O) groups excluding carboxylic acids is 1. The van der Waals surface area contributed by atoms with Crippen LogP contribution in [-0.2, 0) is 5.41 Å². The average molecular weight is 431 g/mol. The molecule has 158 valence electrons. The molecule has 4 fully saturated rings. The highest BCUT2D eigenvalue weighted by molar-refractivity contribution is 5.93. The third-order valence-electron chi connectivity index (χ3n) is 6.72. The summed E-state index contributed by atoms with van der Waals surface area (Å²) in [5.74, 6) is 2.90. The molecule has 1 heterocycles. The molecule has 5 rings (SSSR count). The van der Waals surface area contributed by atoms with E-state index in [4.69, 9.17) is 0 Å². The molecule has 0 atom stereocenters. The number of carbonyl (C=O) groups is 1. The van der Waals surface area contributed by atoms with Gasteiger partial charge in [0.25, 0.3) is 11.5 Å². The Labute approximate surface area is 178 Å². The summed E-state index contributed by atoms with van der Waals surface area (Å²) in [5.41, 5.74) is -0.110. The van der Waals surface area contributed by atoms with Crippen LogP contribution in [-0.4, -0.2) is 36.0 Å². The first-order valence-corrected chi connectivity index (χ1v) is 10.1. The fourth-order valence-corrected chi connectivity index (χ4v) is 5.95. The van der Waals surface area contributed by atoms with Crippen LogP contribution in [0.15, 0.2) is 11.0 Å². The molecule has 4 bridgehead atoms. The van der Waals surface area contributed by atoms with Crippen molar-refractivity contribution in [2.45, 2.75) is 56.8 Å². The van der Waals surface area contributed by atoms with Gasteiger partial charge in [-0.15, -0.1) is 24.8 Å². The Kier molecular flexibility index (Phi) is 7.94. The van der Waals surface area contributed by atoms with Gasteiger partial charge in [-0.2, -0.15) is 0 Å². The number of rotatable bonds is 7. The maximum Gasteiger partial charge on any atom is 0.263 e. The third-order valence-corrected chi connectivity index (χ3v) is 6.72. The summed E-state index contributed by atoms with van der Waals surface area (Å²) in [7, 11) is 1.91. The van der Waals surface area contributed by atoms with Gasteiger partial charge < -0.3 is 15.6 Å². The van der Waals surface area contributed by atoms with Gasteiger partial charge in [0, 0.05) is 18.2 Å². The van der Waals surface area contributed by atoms with Crippen molar-refractivity contribution in [1.29, 1.82) is 0 Å². The summed E-state index contributed by atoms with van der Waals surface area (Å²) in [4.78, 5) is 32.4. The first-order chi connectivity index (χ1) is 12.6. The van der Waals surface area contributed by atoms with Crippen LogP contribution in [0.25, 0.3) is 0 Å². The second-order valence-electron chi connectivity index (χ2n) is 8.74. The molecule has 3 N–H and O–H groups in total. The largest absolute Gasteiger partial charge is 0.352 e. The summed E-state index contributed by atoms with van der Waals surface area (Å²) < 4.78 is 0. The molecule has 4 saturated carbocycles. The molecular formula is C20H32Cl2N4O2. The van der Waals surface area contributed by atoms with Gasteiger partial charge in [0.1, 0.15) is 11.4 Å². The van der Waals surface area contributed by atoms with Gasteiger partial charge in [-0.1, -0.05) is 0 Å². The standard InChI is InChI=1S/C20H30N4O2.2ClH/c1-21-4-2-3-5-22-17(25)16-12-23-19(24-18(16)26)20-9-13-6-14(10-20)8-15(7-13)11-20;;/h12-15,21H,2-11H2,1H3,(H,22,25)(H,23,24,26);2*1H. The van der Waals surface area contributed by atoms with E-state index in [1.54, 1.807) is 0 Å². The molecule has 8 heteroatoms. The van der Waals surface area contributed by atoms with E-state index in [-0.39, 0.29) is 47.3 Å². The molecule has 0 saturated heterocycles. The van der Waals surface area contributed by atoms with Gasteiger partial charge in [0.05, 0.1) is 0 Å². The van der Waals surface area contributed by atoms with Crippen molar-refractivity contribution in [3.63, 3.8) is 0 Å². The molecule has 0 aromatic carbocycles. The summed E-state index contributed by atoms with van der Waals surface area (Å²) in [5, 5.41) is 5.91. The van der Waals surface area contributed by atoms with Crippen molar-refractivity contribution in [3.8, 4) is 0 Å². The van der Waals surface area contributed by atoms with Crippen LogP contribution < -0.4 is 16.2 Å². The molecule has 4 aliphatic carbocycles. The molecule has 0 aliphatic heterocycles. The average Bonchev–Trinajstić information content (AvgIpc) is 2.60. The van der Waals surface area contributed by atoms with Crippen LogP contribution in [0.3, 0.4) is 0 Å². The number of aromatic amines is 1. The highest BCUT2D eigenvalue weighted by Crippen LogP contribution is 2.59. The van der Waals surface area contributed by atoms with E-state index in [9.17, 15) is 9.59 Å². The van der Waals surface area contributed by atoms with Gasteiger partial charge in [-0.3, -0.25) is 9.59 Å². The molecular weight excluding hydrogens is 399 g/mol. The Morgan fingerprint density at radius 1 is 1.11 bits per heavy atom. The number of hydrogen-bond acceptors (Lipinski definition) is 4. The number of H-pyrrole nitrogens is 1. The second kappa shape index (κ2) is 9.59. The van der Waals surface area contributed by atoms with Gasteiger partial charge in [0.2, 0.25) is 0 Å². The first-order valence-electron chi connectivity index (χ1n) is 10.1. The third kappa shape index (κ3) is 4.55. The molecule has 6 nitrogen and oxygen atoms in total. The van der Waals surface area contributed by atoms with Crippen molar-refractivity contribution in [3.05, 3.63) is 27.9 Å². The topological polar surface area (TPSA) is 86.9 Å². The number of halogens is 2. The summed E-state index contributed by atoms with van der Waals surface area (Å²) in [6.07, 6.45) is 10.9. The summed E-state index contributed by atoms with van der Waals surface area (Å²) in [6.45, 7) is 1.51. The maximum absolute atomic E-state index is 12.5. The summed E-state index contributed by atoms with van der Waals surface area (Å²) >= 11 is 0. The smallest absolute Gasteiger partial charge is 0.263 e. The monoisotopic (exact) mass is 430 g/mol. The van der Waals surface area contributed by atoms with E-state index in [0.29, 0.717) is 6.54 Å². The zero-order valence-electron chi connectivity index (χ0n) is 16.5. The number of nitrogens with zero attached hydrogens (tertiary/aromatic N) is 1. The van der Waals surface area contributed by atoms with E-state index >= 15 is 0 Å². The van der Waals surface area contributed by atoms with Crippen LogP contribution in [0.1, 0.15) is 67.5 Å². The Hall–Kier alpha value is -1.11. The Balaban J connectivity index is 0.00000140. The van der Waals surface area contributed by atoms with Crippen LogP contribution in [0, 0.1) is 17.8 Å². The van der Waals surface area contributed by atoms with Crippen molar-refractivity contribution >= 4 is 30.7 Å². The minimum Gasteiger partial charge on any atom is -0.352 e. The lowest BCUT2D eigenvalue weighted by Gasteiger charge is -2.56. The van der Waals surface area contributed by atoms with Crippen LogP contribution >= 0.6 is 24.8 Å². The van der Waals surface area contributed by atoms with Crippen molar-refractivity contribution in [1.82, 2.24) is 20.6 Å². The number of hydrogen-bond donors (Lipinski definition) is 3. The molecule has 28 heavy (non-hydrogen) atoms. The highest BCUT2D eigenvalue weighted by Gasteiger charge is 2.52. The zero-order valence-corrected chi connectivity index (χ0v) is 18.1. The van der Waals surface area contributed by atoms with Gasteiger partial charge in [0.15, 0.2) is 0 Å². The lowest BCUT2D eigenvalue weighted by atomic mass is 9.49. The van der Waals surface area contributed by atoms with Gasteiger partial charge in [-0.05, 0) is 82.7 Å². The molecule has 0 unspecified atom stereocenters. The minimum atomic E-state index is -0.319. The predicted molar refractivity (Wildman–Crippen MR) is 115 cm³/mol. The van der Waals surface area contributed by atoms with Crippen LogP contribution in [0.5, 0.6) is 0 Å². The van der Waals surface area contributed by atoms with Gasteiger partial charge in [-0.25, -0.2) is 4.98 Å². The van der Waals surface area contributed by atoms with Crippen molar-refractivity contribution in [2.24, 2.45) is 17.8 Å². The van der Waals surface area contributed by atoms with E-state index < -0.39 is 0 Å². The first kappa shape index (κ1) is 23.2. The fourth-order valence-electron chi connectivity index (χ4n) is 5.95. The molecule has 0 spiro atoms. The van der Waals surface area contributed by atoms with Crippen molar-refractivity contribution in [2.75, 3.05) is 20.1 Å². The fraction of sp³-hybridized carbons (Fsp3) is 0.750. The minimum absolute atomic E-state index is 0. The van der Waals surface area contributed by atoms with E-state index in [0.717, 1.165) is 62.2 Å². The van der Waals surface area contributed by atoms with E-state index in [1.165, 1.54) is 25.5 Å². The van der Waals surface area contributed by atoms with E-state index in [2.05, 4.69) is 20.6 Å². The normalized spacial score (nSPS) is 29.7. The van der Waals surface area contributed by atoms with E-state index in [1.807, 2.05) is 7.05 Å². The Morgan fingerprint density at radius 3 is 2.21 bits per heavy atom. The Morgan fingerprint density at radius 2 is 1.68 bits per heavy atom. The molecule has 0 radical (unpaired) electrons. The quantitative estimate of drug-likeness (QED) is 0.580. The van der Waals surface area contributed by atoms with Gasteiger partial charge >= 0.3 is 0 Å². The predicted octanol–water partition coefficient (Wildman–Crippen LogP) is 2.81. The SMILES string of the molecule is CNCCCCNC(=O)c1cnc(C23CC4CC(CC(C4)C2)C3)[nH]c1=O.Cl.Cl. The number of unbranched alkanes of at least 4 members (excludes halogenated alkanes) is 1. The number of nitrogens with one attached hydrogen (secondary N) is 3. The maximum atomic E-state index is 12.5. The second-order valence-corrected chi connectivity index (χ2v) is 8.74.